The Labute approximate surface area is 83.0 Å². The molecule has 1 fully saturated rings. The van der Waals surface area contributed by atoms with Gasteiger partial charge in [-0.05, 0) is 22.9 Å². The van der Waals surface area contributed by atoms with Crippen LogP contribution in [0.4, 0.5) is 0 Å². The van der Waals surface area contributed by atoms with E-state index < -0.39 is 6.90 Å². The zero-order valence-corrected chi connectivity index (χ0v) is 11.0. The van der Waals surface area contributed by atoms with Crippen LogP contribution in [-0.4, -0.2) is 21.0 Å². The third-order valence-electron chi connectivity index (χ3n) is 3.39. The highest BCUT2D eigenvalue weighted by molar-refractivity contribution is 7.49. The molecule has 0 spiro atoms. The highest BCUT2D eigenvalue weighted by Gasteiger charge is 2.61. The summed E-state index contributed by atoms with van der Waals surface area (Å²) >= 11 is 6.64. The number of halogens is 1. The van der Waals surface area contributed by atoms with E-state index in [-0.39, 0.29) is 19.4 Å². The van der Waals surface area contributed by atoms with Crippen LogP contribution < -0.4 is 0 Å². The van der Waals surface area contributed by atoms with Gasteiger partial charge in [0, 0.05) is 0 Å². The lowest BCUT2D eigenvalue weighted by Crippen LogP contribution is -2.49. The first kappa shape index (κ1) is 10.8. The molecule has 12 heavy (non-hydrogen) atoms. The monoisotopic (exact) mass is 220 g/mol. The third kappa shape index (κ3) is 1.22. The molecule has 0 aromatic rings. The molecule has 0 bridgehead atoms. The van der Waals surface area contributed by atoms with E-state index in [4.69, 9.17) is 11.1 Å². The first-order chi connectivity index (χ1) is 5.27. The summed E-state index contributed by atoms with van der Waals surface area (Å²) in [5.74, 6) is 0. The average molecular weight is 221 g/mol. The van der Waals surface area contributed by atoms with Crippen LogP contribution in [0.3, 0.4) is 0 Å². The molecule has 1 heterocycles. The van der Waals surface area contributed by atoms with Crippen molar-refractivity contribution in [3.8, 4) is 0 Å². The quantitative estimate of drug-likeness (QED) is 0.532. The average Bonchev–Trinajstić information content (AvgIpc) is 2.12. The van der Waals surface area contributed by atoms with Gasteiger partial charge in [-0.3, -0.25) is 0 Å². The Morgan fingerprint density at radius 1 is 1.17 bits per heavy atom. The second-order valence-corrected chi connectivity index (χ2v) is 14.9. The molecule has 1 saturated heterocycles. The molecule has 0 aromatic heterocycles. The van der Waals surface area contributed by atoms with E-state index in [0.717, 1.165) is 0 Å². The molecule has 0 atom stereocenters. The van der Waals surface area contributed by atoms with E-state index in [1.54, 1.807) is 0 Å². The van der Waals surface area contributed by atoms with E-state index in [0.29, 0.717) is 0 Å². The van der Waals surface area contributed by atoms with Crippen LogP contribution >= 0.6 is 11.1 Å². The highest BCUT2D eigenvalue weighted by Crippen LogP contribution is 2.64. The Morgan fingerprint density at radius 3 is 1.67 bits per heavy atom. The van der Waals surface area contributed by atoms with Gasteiger partial charge < -0.3 is 4.80 Å². The summed E-state index contributed by atoms with van der Waals surface area (Å²) in [6.45, 7) is 6.89. The second-order valence-electron chi connectivity index (χ2n) is 5.04. The Hall–Kier alpha value is 0.684. The Morgan fingerprint density at radius 2 is 1.50 bits per heavy atom. The molecule has 0 unspecified atom stereocenters. The van der Waals surface area contributed by atoms with Gasteiger partial charge in [-0.2, -0.15) is 11.1 Å². The predicted octanol–water partition coefficient (Wildman–Crippen LogP) is 2.63. The van der Waals surface area contributed by atoms with Gasteiger partial charge in [-0.15, -0.1) is 0 Å². The van der Waals surface area contributed by atoms with E-state index in [9.17, 15) is 4.80 Å². The normalized spacial score (nSPS) is 30.5. The van der Waals surface area contributed by atoms with Gasteiger partial charge in [0.2, 0.25) is 9.28 Å². The molecule has 4 heteroatoms. The van der Waals surface area contributed by atoms with Crippen molar-refractivity contribution in [2.45, 2.75) is 50.6 Å². The van der Waals surface area contributed by atoms with Crippen molar-refractivity contribution in [2.75, 3.05) is 0 Å². The van der Waals surface area contributed by atoms with Crippen LogP contribution in [0.15, 0.2) is 0 Å². The molecular formula is C8H17ClOSi2. The van der Waals surface area contributed by atoms with Crippen LogP contribution in [0, 0.1) is 0 Å². The fourth-order valence-electron chi connectivity index (χ4n) is 2.19. The van der Waals surface area contributed by atoms with Gasteiger partial charge in [-0.25, -0.2) is 0 Å². The number of hydrogen-bond acceptors (Lipinski definition) is 1. The minimum Gasteiger partial charge on any atom is -0.434 e. The number of hydrogen-bond donors (Lipinski definition) is 1. The summed E-state index contributed by atoms with van der Waals surface area (Å²) in [5.41, 5.74) is 0. The van der Waals surface area contributed by atoms with Gasteiger partial charge in [-0.1, -0.05) is 27.7 Å². The van der Waals surface area contributed by atoms with Crippen molar-refractivity contribution >= 4 is 27.3 Å². The topological polar surface area (TPSA) is 20.2 Å². The molecule has 0 amide bonds. The summed E-state index contributed by atoms with van der Waals surface area (Å²) in [7, 11) is -0.0285. The van der Waals surface area contributed by atoms with Crippen molar-refractivity contribution in [1.29, 1.82) is 0 Å². The zero-order chi connectivity index (χ0) is 9.62. The summed E-state index contributed by atoms with van der Waals surface area (Å²) in [6, 6.07) is 0. The van der Waals surface area contributed by atoms with Crippen LogP contribution in [0.25, 0.3) is 0 Å². The third-order valence-corrected chi connectivity index (χ3v) is 16.7. The zero-order valence-electron chi connectivity index (χ0n) is 8.24. The minimum atomic E-state index is -1.96. The molecule has 0 aliphatic carbocycles. The van der Waals surface area contributed by atoms with E-state index in [2.05, 4.69) is 27.7 Å². The van der Waals surface area contributed by atoms with Gasteiger partial charge in [0.1, 0.15) is 0 Å². The summed E-state index contributed by atoms with van der Waals surface area (Å²) in [4.78, 5) is 9.45. The molecule has 70 valence electrons. The van der Waals surface area contributed by atoms with Crippen molar-refractivity contribution in [3.63, 3.8) is 0 Å². The molecule has 1 rings (SSSR count). The Bertz CT molecular complexity index is 175. The predicted molar refractivity (Wildman–Crippen MR) is 56.9 cm³/mol. The Kier molecular flexibility index (Phi) is 2.54. The van der Waals surface area contributed by atoms with E-state index in [1.807, 2.05) is 0 Å². The summed E-state index contributed by atoms with van der Waals surface area (Å²) in [5, 5.41) is 0.399. The van der Waals surface area contributed by atoms with Gasteiger partial charge >= 0.3 is 0 Å². The summed E-state index contributed by atoms with van der Waals surface area (Å²) < 4.78 is 0. The molecule has 0 aromatic carbocycles. The van der Waals surface area contributed by atoms with Gasteiger partial charge in [0.15, 0.2) is 6.90 Å². The first-order valence-electron chi connectivity index (χ1n) is 4.37. The molecule has 0 saturated carbocycles. The van der Waals surface area contributed by atoms with Crippen LogP contribution in [0.5, 0.6) is 0 Å². The fraction of sp³-hybridized carbons (Fsp3) is 1.00. The standard InChI is InChI=1S/C8H17ClOSi2/c1-7(2)5-6-8(3,4)12(7,9)11-10/h10H,5-6H2,1-4H3. The van der Waals surface area contributed by atoms with Crippen molar-refractivity contribution in [2.24, 2.45) is 0 Å². The SMILES string of the molecule is CC1(C)CCC(C)(C)[Si]1(Cl)[Si]O. The lowest BCUT2D eigenvalue weighted by molar-refractivity contribution is 0.577. The molecule has 1 aliphatic heterocycles. The number of rotatable bonds is 1. The minimum absolute atomic E-state index is 0.0285. The van der Waals surface area contributed by atoms with Crippen LogP contribution in [0.1, 0.15) is 40.5 Å². The summed E-state index contributed by atoms with van der Waals surface area (Å²) in [6.07, 6.45) is 2.34. The van der Waals surface area contributed by atoms with Crippen LogP contribution in [0.2, 0.25) is 10.1 Å². The fourth-order valence-corrected chi connectivity index (χ4v) is 8.70. The second kappa shape index (κ2) is 2.84. The maximum absolute atomic E-state index is 9.45. The van der Waals surface area contributed by atoms with Crippen molar-refractivity contribution in [3.05, 3.63) is 0 Å². The van der Waals surface area contributed by atoms with Crippen molar-refractivity contribution in [1.82, 2.24) is 0 Å². The highest BCUT2D eigenvalue weighted by atomic mass is 35.6. The molecule has 1 N–H and O–H groups in total. The van der Waals surface area contributed by atoms with E-state index >= 15 is 0 Å². The van der Waals surface area contributed by atoms with Crippen LogP contribution in [-0.2, 0) is 0 Å². The van der Waals surface area contributed by atoms with Crippen molar-refractivity contribution < 1.29 is 4.80 Å². The maximum atomic E-state index is 9.45. The van der Waals surface area contributed by atoms with Gasteiger partial charge in [0.25, 0.3) is 0 Å². The lowest BCUT2D eigenvalue weighted by atomic mass is 10.0. The van der Waals surface area contributed by atoms with E-state index in [1.165, 1.54) is 12.8 Å². The van der Waals surface area contributed by atoms with Gasteiger partial charge in [0.05, 0.1) is 0 Å². The molecule has 1 aliphatic rings. The lowest BCUT2D eigenvalue weighted by Gasteiger charge is -2.39. The molecule has 2 radical (unpaired) electrons. The molecule has 1 nitrogen and oxygen atoms in total. The largest absolute Gasteiger partial charge is 0.434 e. The molecular weight excluding hydrogens is 204 g/mol. The Balaban J connectivity index is 3.04. The maximum Gasteiger partial charge on any atom is 0.228 e. The first-order valence-corrected chi connectivity index (χ1v) is 9.33. The smallest absolute Gasteiger partial charge is 0.228 e.